The number of rotatable bonds is 13. The van der Waals surface area contributed by atoms with Crippen LogP contribution in [0.2, 0.25) is 0 Å². The number of para-hydroxylation sites is 1. The van der Waals surface area contributed by atoms with Gasteiger partial charge in [-0.2, -0.15) is 0 Å². The maximum absolute atomic E-state index is 12.8. The summed E-state index contributed by atoms with van der Waals surface area (Å²) >= 11 is 0. The van der Waals surface area contributed by atoms with Crippen LogP contribution in [0, 0.1) is 10.1 Å². The Morgan fingerprint density at radius 3 is 2.59 bits per heavy atom. The first-order chi connectivity index (χ1) is 15.2. The van der Waals surface area contributed by atoms with E-state index in [1.165, 1.54) is 18.4 Å². The lowest BCUT2D eigenvalue weighted by molar-refractivity contribution is -0.757. The monoisotopic (exact) mass is 450 g/mol. The minimum absolute atomic E-state index is 0.0876. The van der Waals surface area contributed by atoms with Gasteiger partial charge in [-0.3, -0.25) is 9.59 Å². The van der Waals surface area contributed by atoms with E-state index in [0.29, 0.717) is 12.4 Å². The quantitative estimate of drug-likeness (QED) is 0.194. The van der Waals surface area contributed by atoms with Crippen molar-refractivity contribution in [3.8, 4) is 5.75 Å². The first-order valence-electron chi connectivity index (χ1n) is 11.1. The summed E-state index contributed by atoms with van der Waals surface area (Å²) in [6.45, 7) is 6.14. The van der Waals surface area contributed by atoms with Crippen molar-refractivity contribution in [3.05, 3.63) is 39.9 Å². The Kier molecular flexibility index (Phi) is 9.74. The van der Waals surface area contributed by atoms with Crippen LogP contribution in [0.1, 0.15) is 70.8 Å². The lowest BCUT2D eigenvalue weighted by atomic mass is 9.97. The Bertz CT molecular complexity index is 757. The summed E-state index contributed by atoms with van der Waals surface area (Å²) in [5, 5.41) is 9.40. The van der Waals surface area contributed by atoms with Gasteiger partial charge in [0.15, 0.2) is 6.10 Å². The third-order valence-electron chi connectivity index (χ3n) is 5.62. The van der Waals surface area contributed by atoms with E-state index in [-0.39, 0.29) is 38.5 Å². The second-order valence-electron chi connectivity index (χ2n) is 9.02. The fourth-order valence-electron chi connectivity index (χ4n) is 4.03. The molecule has 1 aromatic carbocycles. The van der Waals surface area contributed by atoms with E-state index in [9.17, 15) is 19.7 Å². The smallest absolute Gasteiger partial charge is 0.294 e. The molecule has 1 atom stereocenters. The lowest BCUT2D eigenvalue weighted by Crippen LogP contribution is -2.50. The molecule has 1 amide bonds. The summed E-state index contributed by atoms with van der Waals surface area (Å²) in [5.41, 5.74) is 0.636. The van der Waals surface area contributed by atoms with E-state index in [4.69, 9.17) is 9.47 Å². The van der Waals surface area contributed by atoms with Gasteiger partial charge in [0.25, 0.3) is 11.6 Å². The molecule has 1 saturated carbocycles. The van der Waals surface area contributed by atoms with Crippen molar-refractivity contribution < 1.29 is 29.0 Å². The summed E-state index contributed by atoms with van der Waals surface area (Å²) in [6, 6.07) is 7.93. The SMILES string of the molecule is CC(C)(C)N(CC(COc1ccccc1C1CCCC1)OC=O)C(=O)CCCO[N+](=O)[O-]. The van der Waals surface area contributed by atoms with Gasteiger partial charge in [-0.1, -0.05) is 31.0 Å². The molecule has 0 heterocycles. The molecule has 9 heteroatoms. The standard InChI is InChI=1S/C23H34N2O7/c1-23(2,3)24(22(27)13-8-14-32-25(28)29)15-19(31-17-26)16-30-21-12-7-6-11-20(21)18-9-4-5-10-18/h6-7,11-12,17-19H,4-5,8-10,13-16H2,1-3H3. The molecule has 0 aliphatic heterocycles. The highest BCUT2D eigenvalue weighted by atomic mass is 16.9. The van der Waals surface area contributed by atoms with Gasteiger partial charge < -0.3 is 19.2 Å². The van der Waals surface area contributed by atoms with Crippen LogP contribution in [-0.2, 0) is 19.2 Å². The van der Waals surface area contributed by atoms with Crippen LogP contribution in [0.15, 0.2) is 24.3 Å². The fraction of sp³-hybridized carbons (Fsp3) is 0.652. The van der Waals surface area contributed by atoms with Crippen LogP contribution in [0.25, 0.3) is 0 Å². The molecule has 0 N–H and O–H groups in total. The first-order valence-corrected chi connectivity index (χ1v) is 11.1. The minimum atomic E-state index is -0.874. The number of nitrogens with zero attached hydrogens (tertiary/aromatic N) is 2. The molecule has 0 aromatic heterocycles. The molecule has 1 aliphatic rings. The zero-order valence-corrected chi connectivity index (χ0v) is 19.2. The zero-order valence-electron chi connectivity index (χ0n) is 19.2. The van der Waals surface area contributed by atoms with Gasteiger partial charge in [-0.15, -0.1) is 10.1 Å². The average Bonchev–Trinajstić information content (AvgIpc) is 3.27. The highest BCUT2D eigenvalue weighted by Gasteiger charge is 2.30. The van der Waals surface area contributed by atoms with E-state index in [2.05, 4.69) is 10.9 Å². The molecular formula is C23H34N2O7. The average molecular weight is 451 g/mol. The van der Waals surface area contributed by atoms with E-state index in [0.717, 1.165) is 18.6 Å². The van der Waals surface area contributed by atoms with Crippen LogP contribution >= 0.6 is 0 Å². The number of carbonyl (C=O) groups excluding carboxylic acids is 2. The Hall–Kier alpha value is -2.84. The van der Waals surface area contributed by atoms with Crippen molar-refractivity contribution in [1.29, 1.82) is 0 Å². The molecular weight excluding hydrogens is 416 g/mol. The van der Waals surface area contributed by atoms with Gasteiger partial charge in [0.05, 0.1) is 13.2 Å². The van der Waals surface area contributed by atoms with Gasteiger partial charge in [0, 0.05) is 12.0 Å². The predicted molar refractivity (Wildman–Crippen MR) is 118 cm³/mol. The van der Waals surface area contributed by atoms with Crippen molar-refractivity contribution in [2.24, 2.45) is 0 Å². The van der Waals surface area contributed by atoms with Gasteiger partial charge in [0.2, 0.25) is 5.91 Å². The van der Waals surface area contributed by atoms with Crippen LogP contribution in [0.4, 0.5) is 0 Å². The normalized spacial score (nSPS) is 15.1. The van der Waals surface area contributed by atoms with Gasteiger partial charge in [0.1, 0.15) is 12.4 Å². The molecule has 0 radical (unpaired) electrons. The van der Waals surface area contributed by atoms with E-state index < -0.39 is 16.7 Å². The number of hydrogen-bond donors (Lipinski definition) is 0. The van der Waals surface area contributed by atoms with Gasteiger partial charge in [-0.25, -0.2) is 0 Å². The maximum atomic E-state index is 12.8. The zero-order chi connectivity index (χ0) is 23.6. The van der Waals surface area contributed by atoms with Crippen LogP contribution < -0.4 is 4.74 Å². The maximum Gasteiger partial charge on any atom is 0.294 e. The van der Waals surface area contributed by atoms with Crippen molar-refractivity contribution in [3.63, 3.8) is 0 Å². The van der Waals surface area contributed by atoms with Crippen molar-refractivity contribution >= 4 is 12.4 Å². The largest absolute Gasteiger partial charge is 0.489 e. The van der Waals surface area contributed by atoms with Crippen LogP contribution in [-0.4, -0.2) is 53.8 Å². The molecule has 0 spiro atoms. The molecule has 32 heavy (non-hydrogen) atoms. The van der Waals surface area contributed by atoms with E-state index >= 15 is 0 Å². The Labute approximate surface area is 189 Å². The Balaban J connectivity index is 2.02. The number of amides is 1. The van der Waals surface area contributed by atoms with Gasteiger partial charge in [-0.05, 0) is 57.6 Å². The van der Waals surface area contributed by atoms with E-state index in [1.807, 2.05) is 39.0 Å². The number of benzene rings is 1. The summed E-state index contributed by atoms with van der Waals surface area (Å²) in [4.78, 5) is 40.1. The molecule has 2 rings (SSSR count). The molecule has 1 fully saturated rings. The van der Waals surface area contributed by atoms with Crippen LogP contribution in [0.3, 0.4) is 0 Å². The summed E-state index contributed by atoms with van der Waals surface area (Å²) < 4.78 is 11.3. The number of ether oxygens (including phenoxy) is 2. The molecule has 1 aliphatic carbocycles. The van der Waals surface area contributed by atoms with Crippen molar-refractivity contribution in [2.45, 2.75) is 76.9 Å². The van der Waals surface area contributed by atoms with Gasteiger partial charge >= 0.3 is 0 Å². The molecule has 0 bridgehead atoms. The van der Waals surface area contributed by atoms with E-state index in [1.54, 1.807) is 4.90 Å². The molecule has 9 nitrogen and oxygen atoms in total. The first kappa shape index (κ1) is 25.4. The molecule has 1 aromatic rings. The highest BCUT2D eigenvalue weighted by molar-refractivity contribution is 5.77. The second kappa shape index (κ2) is 12.3. The third-order valence-corrected chi connectivity index (χ3v) is 5.62. The molecule has 0 saturated heterocycles. The Morgan fingerprint density at radius 1 is 1.28 bits per heavy atom. The molecule has 178 valence electrons. The predicted octanol–water partition coefficient (Wildman–Crippen LogP) is 3.88. The number of carbonyl (C=O) groups is 2. The van der Waals surface area contributed by atoms with Crippen molar-refractivity contribution in [1.82, 2.24) is 4.90 Å². The highest BCUT2D eigenvalue weighted by Crippen LogP contribution is 2.38. The second-order valence-corrected chi connectivity index (χ2v) is 9.02. The van der Waals surface area contributed by atoms with Crippen LogP contribution in [0.5, 0.6) is 5.75 Å². The summed E-state index contributed by atoms with van der Waals surface area (Å²) in [7, 11) is 0. The minimum Gasteiger partial charge on any atom is -0.489 e. The fourth-order valence-corrected chi connectivity index (χ4v) is 4.03. The topological polar surface area (TPSA) is 108 Å². The Morgan fingerprint density at radius 2 is 1.97 bits per heavy atom. The summed E-state index contributed by atoms with van der Waals surface area (Å²) in [6.07, 6.45) is 4.36. The third kappa shape index (κ3) is 8.01. The number of hydrogen-bond acceptors (Lipinski definition) is 7. The summed E-state index contributed by atoms with van der Waals surface area (Å²) in [5.74, 6) is 1.06. The lowest BCUT2D eigenvalue weighted by Gasteiger charge is -2.37. The van der Waals surface area contributed by atoms with Crippen molar-refractivity contribution in [2.75, 3.05) is 19.8 Å². The molecule has 1 unspecified atom stereocenters.